The first-order valence-corrected chi connectivity index (χ1v) is 6.90. The van der Waals surface area contributed by atoms with Crippen molar-refractivity contribution in [2.45, 2.75) is 32.6 Å². The molecule has 0 aromatic heterocycles. The molecule has 0 saturated carbocycles. The van der Waals surface area contributed by atoms with E-state index in [-0.39, 0.29) is 0 Å². The SMILES string of the molecule is CCCCCC#CC/N=C/c1ccc(Cl)cc1Cl. The molecule has 1 nitrogen and oxygen atoms in total. The molecule has 1 rings (SSSR count). The summed E-state index contributed by atoms with van der Waals surface area (Å²) >= 11 is 11.8. The predicted molar refractivity (Wildman–Crippen MR) is 80.8 cm³/mol. The highest BCUT2D eigenvalue weighted by Gasteiger charge is 1.96. The van der Waals surface area contributed by atoms with Gasteiger partial charge in [0.1, 0.15) is 0 Å². The van der Waals surface area contributed by atoms with Gasteiger partial charge in [-0.1, -0.05) is 55.0 Å². The fourth-order valence-electron chi connectivity index (χ4n) is 1.40. The molecule has 1 aromatic carbocycles. The molecule has 0 aliphatic carbocycles. The lowest BCUT2D eigenvalue weighted by Crippen LogP contribution is -1.84. The van der Waals surface area contributed by atoms with E-state index in [0.29, 0.717) is 16.6 Å². The Labute approximate surface area is 119 Å². The highest BCUT2D eigenvalue weighted by Crippen LogP contribution is 2.19. The van der Waals surface area contributed by atoms with E-state index < -0.39 is 0 Å². The van der Waals surface area contributed by atoms with Crippen molar-refractivity contribution in [1.82, 2.24) is 0 Å². The monoisotopic (exact) mass is 281 g/mol. The van der Waals surface area contributed by atoms with Crippen LogP contribution in [0.4, 0.5) is 0 Å². The molecular formula is C15H17Cl2N. The van der Waals surface area contributed by atoms with Crippen molar-refractivity contribution < 1.29 is 0 Å². The van der Waals surface area contributed by atoms with Gasteiger partial charge in [-0.15, -0.1) is 5.92 Å². The largest absolute Gasteiger partial charge is 0.280 e. The van der Waals surface area contributed by atoms with Gasteiger partial charge in [-0.3, -0.25) is 4.99 Å². The summed E-state index contributed by atoms with van der Waals surface area (Å²) in [4.78, 5) is 4.22. The molecule has 0 unspecified atom stereocenters. The van der Waals surface area contributed by atoms with Crippen molar-refractivity contribution in [3.05, 3.63) is 33.8 Å². The Morgan fingerprint density at radius 1 is 1.22 bits per heavy atom. The van der Waals surface area contributed by atoms with Crippen LogP contribution in [0.1, 0.15) is 38.2 Å². The van der Waals surface area contributed by atoms with Gasteiger partial charge in [-0.05, 0) is 18.6 Å². The average molecular weight is 282 g/mol. The summed E-state index contributed by atoms with van der Waals surface area (Å²) in [5, 5.41) is 1.25. The van der Waals surface area contributed by atoms with Gasteiger partial charge in [0, 0.05) is 23.2 Å². The van der Waals surface area contributed by atoms with Gasteiger partial charge in [0.25, 0.3) is 0 Å². The normalized spacial score (nSPS) is 10.4. The summed E-state index contributed by atoms with van der Waals surface area (Å²) in [7, 11) is 0. The van der Waals surface area contributed by atoms with Crippen LogP contribution in [-0.4, -0.2) is 12.8 Å². The molecule has 96 valence electrons. The van der Waals surface area contributed by atoms with Crippen LogP contribution in [0, 0.1) is 11.8 Å². The number of halogens is 2. The van der Waals surface area contributed by atoms with Crippen LogP contribution >= 0.6 is 23.2 Å². The fourth-order valence-corrected chi connectivity index (χ4v) is 1.86. The summed E-state index contributed by atoms with van der Waals surface area (Å²) in [6, 6.07) is 5.36. The van der Waals surface area contributed by atoms with E-state index in [9.17, 15) is 0 Å². The summed E-state index contributed by atoms with van der Waals surface area (Å²) in [6.45, 7) is 2.71. The highest BCUT2D eigenvalue weighted by molar-refractivity contribution is 6.36. The molecule has 0 saturated heterocycles. The van der Waals surface area contributed by atoms with Crippen LogP contribution in [0.3, 0.4) is 0 Å². The van der Waals surface area contributed by atoms with Crippen LogP contribution in [0.5, 0.6) is 0 Å². The Morgan fingerprint density at radius 3 is 2.78 bits per heavy atom. The van der Waals surface area contributed by atoms with Crippen molar-refractivity contribution in [3.63, 3.8) is 0 Å². The molecule has 0 radical (unpaired) electrons. The van der Waals surface area contributed by atoms with E-state index in [1.54, 1.807) is 18.3 Å². The van der Waals surface area contributed by atoms with Gasteiger partial charge >= 0.3 is 0 Å². The summed E-state index contributed by atoms with van der Waals surface area (Å²) in [6.07, 6.45) is 6.36. The van der Waals surface area contributed by atoms with Crippen molar-refractivity contribution in [3.8, 4) is 11.8 Å². The zero-order valence-corrected chi connectivity index (χ0v) is 12.1. The lowest BCUT2D eigenvalue weighted by molar-refractivity contribution is 0.737. The number of unbranched alkanes of at least 4 members (excludes halogenated alkanes) is 3. The van der Waals surface area contributed by atoms with E-state index in [1.165, 1.54) is 19.3 Å². The van der Waals surface area contributed by atoms with Crippen LogP contribution in [0.2, 0.25) is 10.0 Å². The maximum atomic E-state index is 6.02. The van der Waals surface area contributed by atoms with Gasteiger partial charge in [-0.2, -0.15) is 0 Å². The van der Waals surface area contributed by atoms with E-state index in [0.717, 1.165) is 12.0 Å². The Morgan fingerprint density at radius 2 is 2.06 bits per heavy atom. The average Bonchev–Trinajstić information content (AvgIpc) is 2.35. The topological polar surface area (TPSA) is 12.4 Å². The number of nitrogens with zero attached hydrogens (tertiary/aromatic N) is 1. The van der Waals surface area contributed by atoms with Crippen molar-refractivity contribution in [2.75, 3.05) is 6.54 Å². The standard InChI is InChI=1S/C15H17Cl2N/c1-2-3-4-5-6-7-10-18-12-13-8-9-14(16)11-15(13)17/h8-9,11-12H,2-5,10H2,1H3/b18-12+. The van der Waals surface area contributed by atoms with Crippen LogP contribution in [0.15, 0.2) is 23.2 Å². The summed E-state index contributed by atoms with van der Waals surface area (Å²) in [5.74, 6) is 6.14. The Hall–Kier alpha value is -0.970. The molecule has 0 atom stereocenters. The third kappa shape index (κ3) is 6.10. The number of rotatable bonds is 5. The highest BCUT2D eigenvalue weighted by atomic mass is 35.5. The molecule has 1 aromatic rings. The number of hydrogen-bond donors (Lipinski definition) is 0. The third-order valence-electron chi connectivity index (χ3n) is 2.39. The van der Waals surface area contributed by atoms with E-state index in [4.69, 9.17) is 23.2 Å². The predicted octanol–water partition coefficient (Wildman–Crippen LogP) is 5.00. The molecule has 18 heavy (non-hydrogen) atoms. The van der Waals surface area contributed by atoms with Gasteiger partial charge in [0.05, 0.1) is 11.6 Å². The quantitative estimate of drug-likeness (QED) is 0.409. The molecule has 0 heterocycles. The number of hydrogen-bond acceptors (Lipinski definition) is 1. The Balaban J connectivity index is 2.36. The second-order valence-electron chi connectivity index (χ2n) is 3.95. The lowest BCUT2D eigenvalue weighted by atomic mass is 10.2. The third-order valence-corrected chi connectivity index (χ3v) is 2.96. The van der Waals surface area contributed by atoms with Crippen molar-refractivity contribution in [2.24, 2.45) is 4.99 Å². The van der Waals surface area contributed by atoms with Gasteiger partial charge in [-0.25, -0.2) is 0 Å². The molecule has 0 aliphatic heterocycles. The van der Waals surface area contributed by atoms with E-state index in [2.05, 4.69) is 23.8 Å². The van der Waals surface area contributed by atoms with Gasteiger partial charge < -0.3 is 0 Å². The first kappa shape index (κ1) is 15.1. The van der Waals surface area contributed by atoms with Gasteiger partial charge in [0.2, 0.25) is 0 Å². The Kier molecular flexibility index (Phi) is 7.57. The van der Waals surface area contributed by atoms with Gasteiger partial charge in [0.15, 0.2) is 0 Å². The maximum Gasteiger partial charge on any atom is 0.0997 e. The first-order chi connectivity index (χ1) is 8.74. The minimum Gasteiger partial charge on any atom is -0.280 e. The van der Waals surface area contributed by atoms with Crippen LogP contribution < -0.4 is 0 Å². The molecule has 0 amide bonds. The van der Waals surface area contributed by atoms with Crippen molar-refractivity contribution in [1.29, 1.82) is 0 Å². The number of benzene rings is 1. The summed E-state index contributed by atoms with van der Waals surface area (Å²) < 4.78 is 0. The molecule has 0 spiro atoms. The van der Waals surface area contributed by atoms with Crippen LogP contribution in [0.25, 0.3) is 0 Å². The van der Waals surface area contributed by atoms with E-state index in [1.807, 2.05) is 6.07 Å². The second-order valence-corrected chi connectivity index (χ2v) is 4.79. The second kappa shape index (κ2) is 9.03. The molecule has 0 N–H and O–H groups in total. The molecule has 0 bridgehead atoms. The minimum atomic E-state index is 0.519. The smallest absolute Gasteiger partial charge is 0.0997 e. The van der Waals surface area contributed by atoms with Crippen LogP contribution in [-0.2, 0) is 0 Å². The zero-order valence-electron chi connectivity index (χ0n) is 10.5. The first-order valence-electron chi connectivity index (χ1n) is 6.14. The fraction of sp³-hybridized carbons (Fsp3) is 0.400. The molecule has 0 aliphatic rings. The Bertz CT molecular complexity index is 455. The molecule has 3 heteroatoms. The number of aliphatic imine (C=N–C) groups is 1. The maximum absolute atomic E-state index is 6.02. The summed E-state index contributed by atoms with van der Waals surface area (Å²) in [5.41, 5.74) is 0.869. The molecular weight excluding hydrogens is 265 g/mol. The zero-order chi connectivity index (χ0) is 13.2. The lowest BCUT2D eigenvalue weighted by Gasteiger charge is -1.97. The van der Waals surface area contributed by atoms with Crippen molar-refractivity contribution >= 4 is 29.4 Å². The minimum absolute atomic E-state index is 0.519. The van der Waals surface area contributed by atoms with E-state index >= 15 is 0 Å². The molecule has 0 fully saturated rings.